The van der Waals surface area contributed by atoms with Crippen LogP contribution in [0.1, 0.15) is 24.8 Å². The Morgan fingerprint density at radius 1 is 1.20 bits per heavy atom. The molecule has 3 aliphatic rings. The van der Waals surface area contributed by atoms with E-state index in [1.54, 1.807) is 7.11 Å². The van der Waals surface area contributed by atoms with E-state index in [9.17, 15) is 0 Å². The summed E-state index contributed by atoms with van der Waals surface area (Å²) in [5, 5.41) is 0. The number of benzene rings is 1. The first-order valence-electron chi connectivity index (χ1n) is 9.43. The van der Waals surface area contributed by atoms with Gasteiger partial charge in [-0.05, 0) is 42.9 Å². The number of likely N-dealkylation sites (tertiary alicyclic amines) is 1. The van der Waals surface area contributed by atoms with Crippen LogP contribution in [-0.2, 0) is 16.0 Å². The molecule has 0 saturated carbocycles. The van der Waals surface area contributed by atoms with E-state index in [-0.39, 0.29) is 0 Å². The third-order valence-electron chi connectivity index (χ3n) is 5.67. The predicted molar refractivity (Wildman–Crippen MR) is 101 cm³/mol. The zero-order chi connectivity index (χ0) is 17.1. The Kier molecular flexibility index (Phi) is 5.56. The maximum atomic E-state index is 6.24. The predicted octanol–water partition coefficient (Wildman–Crippen LogP) is 3.20. The fourth-order valence-corrected chi connectivity index (χ4v) is 5.79. The Labute approximate surface area is 155 Å². The molecule has 4 rings (SSSR count). The molecule has 0 amide bonds. The van der Waals surface area contributed by atoms with Crippen molar-refractivity contribution >= 4 is 11.8 Å². The number of thioether (sulfide) groups is 1. The van der Waals surface area contributed by atoms with Crippen LogP contribution < -0.4 is 4.74 Å². The van der Waals surface area contributed by atoms with Gasteiger partial charge in [0.2, 0.25) is 0 Å². The van der Waals surface area contributed by atoms with Crippen LogP contribution in [0.5, 0.6) is 5.75 Å². The second-order valence-corrected chi connectivity index (χ2v) is 9.19. The number of rotatable bonds is 6. The largest absolute Gasteiger partial charge is 0.497 e. The summed E-state index contributed by atoms with van der Waals surface area (Å²) in [7, 11) is 1.71. The molecular weight excluding hydrogens is 334 g/mol. The topological polar surface area (TPSA) is 30.9 Å². The second-order valence-electron chi connectivity index (χ2n) is 7.70. The second kappa shape index (κ2) is 7.87. The Morgan fingerprint density at radius 2 is 1.96 bits per heavy atom. The highest BCUT2D eigenvalue weighted by Crippen LogP contribution is 2.46. The minimum Gasteiger partial charge on any atom is -0.497 e. The highest BCUT2D eigenvalue weighted by atomic mass is 32.2. The van der Waals surface area contributed by atoms with Crippen molar-refractivity contribution in [1.29, 1.82) is 0 Å². The van der Waals surface area contributed by atoms with E-state index < -0.39 is 0 Å². The van der Waals surface area contributed by atoms with Crippen molar-refractivity contribution in [2.24, 2.45) is 5.92 Å². The van der Waals surface area contributed by atoms with Crippen LogP contribution in [0.3, 0.4) is 0 Å². The Bertz CT molecular complexity index is 553. The SMILES string of the molecule is COc1ccc(CN2CC3(CC(OCC4CCOCC4)CS3)C2)cc1. The summed E-state index contributed by atoms with van der Waals surface area (Å²) in [6.07, 6.45) is 4.01. The minimum atomic E-state index is 0.451. The van der Waals surface area contributed by atoms with Crippen LogP contribution in [0.25, 0.3) is 0 Å². The first kappa shape index (κ1) is 17.7. The van der Waals surface area contributed by atoms with Crippen LogP contribution in [-0.4, -0.2) is 61.5 Å². The first-order valence-corrected chi connectivity index (χ1v) is 10.4. The number of ether oxygens (including phenoxy) is 3. The van der Waals surface area contributed by atoms with Gasteiger partial charge >= 0.3 is 0 Å². The molecular formula is C20H29NO3S. The molecule has 3 aliphatic heterocycles. The summed E-state index contributed by atoms with van der Waals surface area (Å²) in [6.45, 7) is 6.19. The van der Waals surface area contributed by atoms with E-state index in [4.69, 9.17) is 14.2 Å². The first-order chi connectivity index (χ1) is 12.2. The van der Waals surface area contributed by atoms with Crippen LogP contribution in [0.2, 0.25) is 0 Å². The monoisotopic (exact) mass is 363 g/mol. The van der Waals surface area contributed by atoms with Gasteiger partial charge in [0.15, 0.2) is 0 Å². The molecule has 0 N–H and O–H groups in total. The van der Waals surface area contributed by atoms with Gasteiger partial charge in [0.05, 0.1) is 13.2 Å². The molecule has 25 heavy (non-hydrogen) atoms. The Balaban J connectivity index is 1.19. The number of hydrogen-bond donors (Lipinski definition) is 0. The van der Waals surface area contributed by atoms with E-state index >= 15 is 0 Å². The normalized spacial score (nSPS) is 26.7. The zero-order valence-corrected chi connectivity index (χ0v) is 15.9. The third kappa shape index (κ3) is 4.33. The summed E-state index contributed by atoms with van der Waals surface area (Å²) >= 11 is 2.14. The molecule has 1 aromatic carbocycles. The summed E-state index contributed by atoms with van der Waals surface area (Å²) in [5.41, 5.74) is 1.37. The quantitative estimate of drug-likeness (QED) is 0.775. The van der Waals surface area contributed by atoms with Crippen molar-refractivity contribution in [3.05, 3.63) is 29.8 Å². The Hall–Kier alpha value is -0.750. The van der Waals surface area contributed by atoms with Gasteiger partial charge in [-0.3, -0.25) is 4.90 Å². The highest BCUT2D eigenvalue weighted by molar-refractivity contribution is 8.01. The van der Waals surface area contributed by atoms with Gasteiger partial charge in [-0.15, -0.1) is 11.8 Å². The number of nitrogens with zero attached hydrogens (tertiary/aromatic N) is 1. The van der Waals surface area contributed by atoms with Gasteiger partial charge in [0, 0.05) is 50.0 Å². The smallest absolute Gasteiger partial charge is 0.118 e. The molecule has 4 nitrogen and oxygen atoms in total. The summed E-state index contributed by atoms with van der Waals surface area (Å²) in [5.74, 6) is 2.81. The van der Waals surface area contributed by atoms with Crippen molar-refractivity contribution in [2.75, 3.05) is 45.8 Å². The molecule has 3 heterocycles. The van der Waals surface area contributed by atoms with E-state index in [0.29, 0.717) is 16.8 Å². The van der Waals surface area contributed by atoms with Crippen LogP contribution >= 0.6 is 11.8 Å². The molecule has 0 aliphatic carbocycles. The lowest BCUT2D eigenvalue weighted by Crippen LogP contribution is -2.58. The molecule has 1 aromatic rings. The highest BCUT2D eigenvalue weighted by Gasteiger charge is 2.49. The van der Waals surface area contributed by atoms with Gasteiger partial charge in [0.1, 0.15) is 5.75 Å². The summed E-state index contributed by atoms with van der Waals surface area (Å²) < 4.78 is 17.4. The van der Waals surface area contributed by atoms with E-state index in [0.717, 1.165) is 32.1 Å². The molecule has 1 atom stereocenters. The van der Waals surface area contributed by atoms with Crippen molar-refractivity contribution in [1.82, 2.24) is 4.90 Å². The third-order valence-corrected chi connectivity index (χ3v) is 7.25. The number of methoxy groups -OCH3 is 1. The van der Waals surface area contributed by atoms with Gasteiger partial charge in [-0.2, -0.15) is 0 Å². The molecule has 1 unspecified atom stereocenters. The summed E-state index contributed by atoms with van der Waals surface area (Å²) in [4.78, 5) is 2.55. The van der Waals surface area contributed by atoms with Crippen molar-refractivity contribution in [2.45, 2.75) is 36.7 Å². The molecule has 5 heteroatoms. The molecule has 3 saturated heterocycles. The summed E-state index contributed by atoms with van der Waals surface area (Å²) in [6, 6.07) is 8.45. The van der Waals surface area contributed by atoms with Gasteiger partial charge in [0.25, 0.3) is 0 Å². The van der Waals surface area contributed by atoms with E-state index in [1.165, 1.54) is 43.7 Å². The lowest BCUT2D eigenvalue weighted by Gasteiger charge is -2.47. The minimum absolute atomic E-state index is 0.451. The van der Waals surface area contributed by atoms with Crippen LogP contribution in [0.15, 0.2) is 24.3 Å². The molecule has 3 fully saturated rings. The van der Waals surface area contributed by atoms with Gasteiger partial charge in [-0.25, -0.2) is 0 Å². The Morgan fingerprint density at radius 3 is 2.68 bits per heavy atom. The molecule has 0 bridgehead atoms. The maximum absolute atomic E-state index is 6.24. The lowest BCUT2D eigenvalue weighted by atomic mass is 9.92. The molecule has 138 valence electrons. The van der Waals surface area contributed by atoms with Gasteiger partial charge < -0.3 is 14.2 Å². The zero-order valence-electron chi connectivity index (χ0n) is 15.1. The fourth-order valence-electron chi connectivity index (χ4n) is 4.18. The van der Waals surface area contributed by atoms with E-state index in [2.05, 4.69) is 40.9 Å². The van der Waals surface area contributed by atoms with Crippen molar-refractivity contribution < 1.29 is 14.2 Å². The van der Waals surface area contributed by atoms with Crippen molar-refractivity contribution in [3.8, 4) is 5.75 Å². The molecule has 0 radical (unpaired) electrons. The molecule has 1 spiro atoms. The standard InChI is InChI=1S/C20H29NO3S/c1-22-18-4-2-16(3-5-18)11-21-14-20(15-21)10-19(13-25-20)24-12-17-6-8-23-9-7-17/h2-5,17,19H,6-15H2,1H3. The average molecular weight is 364 g/mol. The van der Waals surface area contributed by atoms with Gasteiger partial charge in [-0.1, -0.05) is 12.1 Å². The van der Waals surface area contributed by atoms with Crippen LogP contribution in [0.4, 0.5) is 0 Å². The lowest BCUT2D eigenvalue weighted by molar-refractivity contribution is -0.0133. The van der Waals surface area contributed by atoms with Crippen molar-refractivity contribution in [3.63, 3.8) is 0 Å². The maximum Gasteiger partial charge on any atom is 0.118 e. The van der Waals surface area contributed by atoms with E-state index in [1.807, 2.05) is 0 Å². The fraction of sp³-hybridized carbons (Fsp3) is 0.700. The average Bonchev–Trinajstić information content (AvgIpc) is 3.06. The molecule has 0 aromatic heterocycles. The number of hydrogen-bond acceptors (Lipinski definition) is 5. The van der Waals surface area contributed by atoms with Crippen LogP contribution in [0, 0.1) is 5.92 Å².